The third kappa shape index (κ3) is 5.64. The summed E-state index contributed by atoms with van der Waals surface area (Å²) >= 11 is 0. The highest BCUT2D eigenvalue weighted by Gasteiger charge is 2.25. The highest BCUT2D eigenvalue weighted by molar-refractivity contribution is 7.88. The summed E-state index contributed by atoms with van der Waals surface area (Å²) in [5, 5.41) is 12.6. The highest BCUT2D eigenvalue weighted by Crippen LogP contribution is 2.27. The molecule has 0 aromatic carbocycles. The lowest BCUT2D eigenvalue weighted by atomic mass is 10.1. The summed E-state index contributed by atoms with van der Waals surface area (Å²) in [7, 11) is -3.23. The van der Waals surface area contributed by atoms with Crippen LogP contribution in [0.4, 0.5) is 10.3 Å². The number of sulfonamides is 1. The molecule has 168 valence electrons. The van der Waals surface area contributed by atoms with Crippen LogP contribution in [0.1, 0.15) is 37.0 Å². The molecular weight excluding hydrogens is 429 g/mol. The van der Waals surface area contributed by atoms with Crippen LogP contribution in [0.25, 0.3) is 11.3 Å². The zero-order valence-electron chi connectivity index (χ0n) is 17.4. The van der Waals surface area contributed by atoms with E-state index in [9.17, 15) is 22.7 Å². The standard InChI is InChI=1S/C19H24FN5O5S/c1-11(2)30-17-14(18(26)27)8-12(9-21-17)16-15(20)10-22-19(24-16)23-13-4-6-25(7-5-13)31(3,28)29/h8-11,13H,4-7H2,1-3H3,(H,26,27)(H,22,23,24). The minimum absolute atomic E-state index is 0.0586. The fourth-order valence-corrected chi connectivity index (χ4v) is 4.08. The number of rotatable bonds is 7. The van der Waals surface area contributed by atoms with Crippen LogP contribution in [-0.2, 0) is 10.0 Å². The number of anilines is 1. The summed E-state index contributed by atoms with van der Waals surface area (Å²) in [5.74, 6) is -1.88. The van der Waals surface area contributed by atoms with Gasteiger partial charge in [-0.3, -0.25) is 0 Å². The Morgan fingerprint density at radius 1 is 1.29 bits per heavy atom. The second-order valence-electron chi connectivity index (χ2n) is 7.52. The lowest BCUT2D eigenvalue weighted by Crippen LogP contribution is -2.42. The maximum absolute atomic E-state index is 14.4. The molecule has 0 unspecified atom stereocenters. The molecule has 3 heterocycles. The van der Waals surface area contributed by atoms with Crippen molar-refractivity contribution in [2.24, 2.45) is 0 Å². The van der Waals surface area contributed by atoms with Gasteiger partial charge in [0.15, 0.2) is 5.82 Å². The Balaban J connectivity index is 1.82. The zero-order chi connectivity index (χ0) is 22.8. The summed E-state index contributed by atoms with van der Waals surface area (Å²) in [5.41, 5.74) is -0.132. The molecule has 2 N–H and O–H groups in total. The Bertz CT molecular complexity index is 1070. The van der Waals surface area contributed by atoms with Gasteiger partial charge in [0.05, 0.1) is 18.6 Å². The highest BCUT2D eigenvalue weighted by atomic mass is 32.2. The molecule has 0 bridgehead atoms. The van der Waals surface area contributed by atoms with Crippen molar-refractivity contribution in [3.05, 3.63) is 29.8 Å². The minimum Gasteiger partial charge on any atom is -0.477 e. The predicted molar refractivity (Wildman–Crippen MR) is 111 cm³/mol. The normalized spacial score (nSPS) is 15.8. The molecule has 2 aromatic rings. The quantitative estimate of drug-likeness (QED) is 0.645. The van der Waals surface area contributed by atoms with E-state index in [1.54, 1.807) is 13.8 Å². The van der Waals surface area contributed by atoms with Crippen LogP contribution in [-0.4, -0.2) is 70.2 Å². The molecule has 0 spiro atoms. The van der Waals surface area contributed by atoms with Crippen molar-refractivity contribution in [1.29, 1.82) is 0 Å². The molecule has 3 rings (SSSR count). The molecule has 2 aromatic heterocycles. The van der Waals surface area contributed by atoms with Gasteiger partial charge in [-0.25, -0.2) is 36.9 Å². The number of aromatic nitrogens is 3. The summed E-state index contributed by atoms with van der Waals surface area (Å²) in [4.78, 5) is 23.8. The van der Waals surface area contributed by atoms with E-state index in [1.807, 2.05) is 0 Å². The van der Waals surface area contributed by atoms with Gasteiger partial charge in [-0.2, -0.15) is 0 Å². The summed E-state index contributed by atoms with van der Waals surface area (Å²) < 4.78 is 44.5. The third-order valence-electron chi connectivity index (χ3n) is 4.70. The van der Waals surface area contributed by atoms with Crippen LogP contribution in [0.2, 0.25) is 0 Å². The van der Waals surface area contributed by atoms with E-state index in [-0.39, 0.29) is 40.8 Å². The van der Waals surface area contributed by atoms with Crippen LogP contribution in [0.3, 0.4) is 0 Å². The first-order valence-electron chi connectivity index (χ1n) is 9.69. The smallest absolute Gasteiger partial charge is 0.341 e. The zero-order valence-corrected chi connectivity index (χ0v) is 18.2. The van der Waals surface area contributed by atoms with E-state index in [1.165, 1.54) is 22.8 Å². The van der Waals surface area contributed by atoms with E-state index in [2.05, 4.69) is 20.3 Å². The number of aromatic carboxylic acids is 1. The second-order valence-corrected chi connectivity index (χ2v) is 9.50. The molecule has 0 atom stereocenters. The number of nitrogens with one attached hydrogen (secondary N) is 1. The van der Waals surface area contributed by atoms with Gasteiger partial charge in [0.2, 0.25) is 21.9 Å². The number of carboxylic acids is 1. The van der Waals surface area contributed by atoms with E-state index < -0.39 is 21.8 Å². The van der Waals surface area contributed by atoms with Crippen molar-refractivity contribution in [2.45, 2.75) is 38.8 Å². The van der Waals surface area contributed by atoms with Gasteiger partial charge in [-0.15, -0.1) is 0 Å². The van der Waals surface area contributed by atoms with Crippen molar-refractivity contribution in [1.82, 2.24) is 19.3 Å². The van der Waals surface area contributed by atoms with Crippen LogP contribution < -0.4 is 10.1 Å². The molecule has 0 amide bonds. The molecule has 0 saturated carbocycles. The van der Waals surface area contributed by atoms with Gasteiger partial charge >= 0.3 is 5.97 Å². The maximum atomic E-state index is 14.4. The number of piperidine rings is 1. The van der Waals surface area contributed by atoms with Crippen molar-refractivity contribution in [2.75, 3.05) is 24.7 Å². The number of carbonyl (C=O) groups is 1. The lowest BCUT2D eigenvalue weighted by Gasteiger charge is -2.30. The third-order valence-corrected chi connectivity index (χ3v) is 6.01. The van der Waals surface area contributed by atoms with Crippen molar-refractivity contribution < 1.29 is 27.4 Å². The van der Waals surface area contributed by atoms with Crippen molar-refractivity contribution >= 4 is 21.9 Å². The number of carboxylic acid groups (broad SMARTS) is 1. The largest absolute Gasteiger partial charge is 0.477 e. The SMILES string of the molecule is CC(C)Oc1ncc(-c2nc(NC3CCN(S(C)(=O)=O)CC3)ncc2F)cc1C(=O)O. The molecule has 1 saturated heterocycles. The molecule has 1 fully saturated rings. The van der Waals surface area contributed by atoms with Crippen LogP contribution >= 0.6 is 0 Å². The number of hydrogen-bond acceptors (Lipinski definition) is 8. The number of nitrogens with zero attached hydrogens (tertiary/aromatic N) is 4. The summed E-state index contributed by atoms with van der Waals surface area (Å²) in [6.45, 7) is 4.22. The summed E-state index contributed by atoms with van der Waals surface area (Å²) in [6.07, 6.45) is 4.29. The molecule has 31 heavy (non-hydrogen) atoms. The fourth-order valence-electron chi connectivity index (χ4n) is 3.21. The molecular formula is C19H24FN5O5S. The first-order valence-corrected chi connectivity index (χ1v) is 11.5. The number of ether oxygens (including phenoxy) is 1. The van der Waals surface area contributed by atoms with Gasteiger partial charge in [0, 0.05) is 30.9 Å². The van der Waals surface area contributed by atoms with Crippen LogP contribution in [0.5, 0.6) is 5.88 Å². The Morgan fingerprint density at radius 3 is 2.55 bits per heavy atom. The second kappa shape index (κ2) is 9.10. The molecule has 12 heteroatoms. The number of halogens is 1. The first kappa shape index (κ1) is 22.8. The predicted octanol–water partition coefficient (Wildman–Crippen LogP) is 2.00. The molecule has 0 radical (unpaired) electrons. The average molecular weight is 453 g/mol. The molecule has 1 aliphatic rings. The summed E-state index contributed by atoms with van der Waals surface area (Å²) in [6, 6.07) is 1.18. The molecule has 0 aliphatic carbocycles. The number of pyridine rings is 1. The number of hydrogen-bond donors (Lipinski definition) is 2. The van der Waals surface area contributed by atoms with Gasteiger partial charge in [-0.1, -0.05) is 0 Å². The van der Waals surface area contributed by atoms with Gasteiger partial charge in [0.1, 0.15) is 11.3 Å². The van der Waals surface area contributed by atoms with Gasteiger partial charge in [-0.05, 0) is 32.8 Å². The Hall–Kier alpha value is -2.86. The van der Waals surface area contributed by atoms with E-state index in [0.717, 1.165) is 6.20 Å². The molecule has 10 nitrogen and oxygen atoms in total. The fraction of sp³-hybridized carbons (Fsp3) is 0.474. The molecule has 1 aliphatic heterocycles. The van der Waals surface area contributed by atoms with Crippen LogP contribution in [0.15, 0.2) is 18.5 Å². The average Bonchev–Trinajstić information content (AvgIpc) is 2.69. The Kier molecular flexibility index (Phi) is 6.70. The topological polar surface area (TPSA) is 135 Å². The Labute approximate surface area is 179 Å². The van der Waals surface area contributed by atoms with Gasteiger partial charge in [0.25, 0.3) is 0 Å². The van der Waals surface area contributed by atoms with Crippen LogP contribution in [0, 0.1) is 5.82 Å². The minimum atomic E-state index is -3.23. The van der Waals surface area contributed by atoms with Gasteiger partial charge < -0.3 is 15.2 Å². The van der Waals surface area contributed by atoms with Crippen molar-refractivity contribution in [3.8, 4) is 17.1 Å². The maximum Gasteiger partial charge on any atom is 0.341 e. The van der Waals surface area contributed by atoms with E-state index in [4.69, 9.17) is 4.74 Å². The van der Waals surface area contributed by atoms with E-state index in [0.29, 0.717) is 25.9 Å². The first-order chi connectivity index (χ1) is 14.5. The lowest BCUT2D eigenvalue weighted by molar-refractivity contribution is 0.0689. The van der Waals surface area contributed by atoms with E-state index >= 15 is 0 Å². The van der Waals surface area contributed by atoms with Crippen molar-refractivity contribution in [3.63, 3.8) is 0 Å². The monoisotopic (exact) mass is 453 g/mol. The Morgan fingerprint density at radius 2 is 1.97 bits per heavy atom.